The zero-order valence-corrected chi connectivity index (χ0v) is 11.3. The Morgan fingerprint density at radius 1 is 1.32 bits per heavy atom. The Hall–Kier alpha value is -2.15. The fourth-order valence-corrected chi connectivity index (χ4v) is 1.64. The minimum absolute atomic E-state index is 0.560. The summed E-state index contributed by atoms with van der Waals surface area (Å²) in [5.41, 5.74) is 1.72. The fourth-order valence-electron chi connectivity index (χ4n) is 1.64. The molecule has 0 fully saturated rings. The molecule has 0 unspecified atom stereocenters. The fraction of sp³-hybridized carbons (Fsp3) is 0.417. The molecule has 19 heavy (non-hydrogen) atoms. The molecule has 2 aromatic rings. The van der Waals surface area contributed by atoms with Crippen LogP contribution >= 0.6 is 0 Å². The van der Waals surface area contributed by atoms with Gasteiger partial charge in [0.05, 0.1) is 37.7 Å². The van der Waals surface area contributed by atoms with Crippen molar-refractivity contribution in [3.8, 4) is 5.88 Å². The number of methoxy groups -OCH3 is 2. The van der Waals surface area contributed by atoms with Crippen molar-refractivity contribution in [3.05, 3.63) is 24.3 Å². The molecule has 102 valence electrons. The maximum absolute atomic E-state index is 5.15. The standard InChI is InChI=1S/C12H17N5O2/c1-9-11(13-8-14-12(9)19-3)16-10-6-15-17(7-10)4-5-18-2/h6-8H,4-5H2,1-3H3,(H,13,14,16). The lowest BCUT2D eigenvalue weighted by molar-refractivity contribution is 0.183. The third-order valence-corrected chi connectivity index (χ3v) is 2.65. The first kappa shape index (κ1) is 13.3. The largest absolute Gasteiger partial charge is 0.481 e. The molecule has 0 aliphatic carbocycles. The Kier molecular flexibility index (Phi) is 4.30. The number of nitrogens with zero attached hydrogens (tertiary/aromatic N) is 4. The van der Waals surface area contributed by atoms with Gasteiger partial charge in [-0.3, -0.25) is 4.68 Å². The summed E-state index contributed by atoms with van der Waals surface area (Å²) in [6, 6.07) is 0. The highest BCUT2D eigenvalue weighted by Crippen LogP contribution is 2.22. The monoisotopic (exact) mass is 263 g/mol. The summed E-state index contributed by atoms with van der Waals surface area (Å²) in [7, 11) is 3.25. The van der Waals surface area contributed by atoms with Gasteiger partial charge in [-0.1, -0.05) is 0 Å². The van der Waals surface area contributed by atoms with Gasteiger partial charge in [-0.15, -0.1) is 0 Å². The van der Waals surface area contributed by atoms with Gasteiger partial charge in [0.2, 0.25) is 5.88 Å². The SMILES string of the molecule is COCCn1cc(Nc2ncnc(OC)c2C)cn1. The Morgan fingerprint density at radius 2 is 2.16 bits per heavy atom. The second kappa shape index (κ2) is 6.14. The Labute approximate surface area is 111 Å². The van der Waals surface area contributed by atoms with Crippen molar-refractivity contribution in [1.82, 2.24) is 19.7 Å². The Balaban J connectivity index is 2.10. The van der Waals surface area contributed by atoms with Crippen LogP contribution in [-0.2, 0) is 11.3 Å². The molecule has 0 aromatic carbocycles. The number of anilines is 2. The third kappa shape index (κ3) is 3.19. The van der Waals surface area contributed by atoms with E-state index in [-0.39, 0.29) is 0 Å². The van der Waals surface area contributed by atoms with E-state index in [2.05, 4.69) is 20.4 Å². The highest BCUT2D eigenvalue weighted by molar-refractivity contribution is 5.59. The maximum atomic E-state index is 5.15. The molecule has 0 spiro atoms. The number of rotatable bonds is 6. The predicted molar refractivity (Wildman–Crippen MR) is 70.7 cm³/mol. The zero-order chi connectivity index (χ0) is 13.7. The van der Waals surface area contributed by atoms with Crippen LogP contribution in [-0.4, -0.2) is 40.6 Å². The minimum Gasteiger partial charge on any atom is -0.481 e. The van der Waals surface area contributed by atoms with Crippen LogP contribution < -0.4 is 10.1 Å². The maximum Gasteiger partial charge on any atom is 0.221 e. The number of nitrogens with one attached hydrogen (secondary N) is 1. The van der Waals surface area contributed by atoms with Crippen LogP contribution in [0.3, 0.4) is 0 Å². The second-order valence-corrected chi connectivity index (χ2v) is 3.97. The van der Waals surface area contributed by atoms with E-state index < -0.39 is 0 Å². The van der Waals surface area contributed by atoms with Crippen molar-refractivity contribution in [1.29, 1.82) is 0 Å². The minimum atomic E-state index is 0.560. The van der Waals surface area contributed by atoms with Crippen LogP contribution in [0.15, 0.2) is 18.7 Å². The summed E-state index contributed by atoms with van der Waals surface area (Å²) in [6.45, 7) is 3.24. The van der Waals surface area contributed by atoms with Crippen LogP contribution in [0.1, 0.15) is 5.56 Å². The van der Waals surface area contributed by atoms with Gasteiger partial charge in [0, 0.05) is 13.3 Å². The van der Waals surface area contributed by atoms with E-state index in [0.29, 0.717) is 24.8 Å². The Bertz CT molecular complexity index is 541. The average Bonchev–Trinajstić information content (AvgIpc) is 2.86. The molecule has 0 saturated carbocycles. The first-order valence-corrected chi connectivity index (χ1v) is 5.88. The molecule has 0 aliphatic rings. The van der Waals surface area contributed by atoms with Gasteiger partial charge in [-0.05, 0) is 6.92 Å². The number of aromatic nitrogens is 4. The van der Waals surface area contributed by atoms with Crippen LogP contribution in [0, 0.1) is 6.92 Å². The number of hydrogen-bond donors (Lipinski definition) is 1. The molecule has 1 N–H and O–H groups in total. The summed E-state index contributed by atoms with van der Waals surface area (Å²) in [6.07, 6.45) is 5.10. The lowest BCUT2D eigenvalue weighted by Crippen LogP contribution is -2.04. The molecular formula is C12H17N5O2. The summed E-state index contributed by atoms with van der Waals surface area (Å²) in [4.78, 5) is 8.22. The molecule has 2 aromatic heterocycles. The van der Waals surface area contributed by atoms with Crippen molar-refractivity contribution in [2.75, 3.05) is 26.1 Å². The lowest BCUT2D eigenvalue weighted by atomic mass is 10.3. The molecule has 0 saturated heterocycles. The van der Waals surface area contributed by atoms with Gasteiger partial charge >= 0.3 is 0 Å². The summed E-state index contributed by atoms with van der Waals surface area (Å²) >= 11 is 0. The molecule has 0 bridgehead atoms. The van der Waals surface area contributed by atoms with Crippen LogP contribution in [0.5, 0.6) is 5.88 Å². The molecule has 0 radical (unpaired) electrons. The summed E-state index contributed by atoms with van der Waals surface area (Å²) in [5, 5.41) is 7.41. The molecule has 2 heterocycles. The van der Waals surface area contributed by atoms with Gasteiger partial charge in [-0.2, -0.15) is 5.10 Å². The van der Waals surface area contributed by atoms with Gasteiger partial charge in [0.15, 0.2) is 0 Å². The van der Waals surface area contributed by atoms with E-state index in [0.717, 1.165) is 11.3 Å². The molecule has 0 amide bonds. The molecule has 7 nitrogen and oxygen atoms in total. The molecule has 0 atom stereocenters. The lowest BCUT2D eigenvalue weighted by Gasteiger charge is -2.08. The first-order chi connectivity index (χ1) is 9.24. The van der Waals surface area contributed by atoms with Gasteiger partial charge < -0.3 is 14.8 Å². The van der Waals surface area contributed by atoms with Crippen LogP contribution in [0.25, 0.3) is 0 Å². The Morgan fingerprint density at radius 3 is 2.89 bits per heavy atom. The molecular weight excluding hydrogens is 246 g/mol. The smallest absolute Gasteiger partial charge is 0.221 e. The summed E-state index contributed by atoms with van der Waals surface area (Å²) in [5.74, 6) is 1.27. The van der Waals surface area contributed by atoms with Crippen molar-refractivity contribution < 1.29 is 9.47 Å². The summed E-state index contributed by atoms with van der Waals surface area (Å²) < 4.78 is 12.0. The first-order valence-electron chi connectivity index (χ1n) is 5.88. The van der Waals surface area contributed by atoms with Crippen molar-refractivity contribution in [2.24, 2.45) is 0 Å². The van der Waals surface area contributed by atoms with Crippen LogP contribution in [0.4, 0.5) is 11.5 Å². The van der Waals surface area contributed by atoms with Crippen LogP contribution in [0.2, 0.25) is 0 Å². The highest BCUT2D eigenvalue weighted by atomic mass is 16.5. The molecule has 7 heteroatoms. The van der Waals surface area contributed by atoms with Crippen molar-refractivity contribution in [3.63, 3.8) is 0 Å². The second-order valence-electron chi connectivity index (χ2n) is 3.97. The molecule has 0 aliphatic heterocycles. The van der Waals surface area contributed by atoms with Gasteiger partial charge in [0.25, 0.3) is 0 Å². The van der Waals surface area contributed by atoms with E-state index in [4.69, 9.17) is 9.47 Å². The van der Waals surface area contributed by atoms with Crippen molar-refractivity contribution >= 4 is 11.5 Å². The average molecular weight is 263 g/mol. The molecule has 2 rings (SSSR count). The van der Waals surface area contributed by atoms with E-state index in [1.807, 2.05) is 13.1 Å². The van der Waals surface area contributed by atoms with Gasteiger partial charge in [0.1, 0.15) is 12.1 Å². The zero-order valence-electron chi connectivity index (χ0n) is 11.3. The highest BCUT2D eigenvalue weighted by Gasteiger charge is 2.08. The topological polar surface area (TPSA) is 74.1 Å². The van der Waals surface area contributed by atoms with E-state index >= 15 is 0 Å². The predicted octanol–water partition coefficient (Wildman–Crippen LogP) is 1.38. The van der Waals surface area contributed by atoms with E-state index in [9.17, 15) is 0 Å². The normalized spacial score (nSPS) is 10.5. The number of ether oxygens (including phenoxy) is 2. The van der Waals surface area contributed by atoms with Crippen molar-refractivity contribution in [2.45, 2.75) is 13.5 Å². The number of hydrogen-bond acceptors (Lipinski definition) is 6. The van der Waals surface area contributed by atoms with Gasteiger partial charge in [-0.25, -0.2) is 9.97 Å². The third-order valence-electron chi connectivity index (χ3n) is 2.65. The quantitative estimate of drug-likeness (QED) is 0.848. The van der Waals surface area contributed by atoms with E-state index in [1.54, 1.807) is 25.1 Å². The van der Waals surface area contributed by atoms with E-state index in [1.165, 1.54) is 6.33 Å².